The molecule has 1 saturated heterocycles. The van der Waals surface area contributed by atoms with Crippen LogP contribution < -0.4 is 11.5 Å². The number of likely N-dealkylation sites (tertiary alicyclic amines) is 1. The lowest BCUT2D eigenvalue weighted by Gasteiger charge is -2.13. The van der Waals surface area contributed by atoms with Crippen molar-refractivity contribution in [1.29, 1.82) is 0 Å². The molecule has 8 heteroatoms. The normalized spacial score (nSPS) is 18.9. The van der Waals surface area contributed by atoms with Crippen LogP contribution in [-0.2, 0) is 4.79 Å². The van der Waals surface area contributed by atoms with Crippen molar-refractivity contribution in [2.45, 2.75) is 12.0 Å². The molecule has 1 atom stereocenters. The molecule has 3 rings (SSSR count). The number of amides is 2. The first-order valence-corrected chi connectivity index (χ1v) is 8.08. The van der Waals surface area contributed by atoms with Crippen LogP contribution in [0.3, 0.4) is 0 Å². The van der Waals surface area contributed by atoms with Crippen LogP contribution in [0.4, 0.5) is 10.1 Å². The van der Waals surface area contributed by atoms with Gasteiger partial charge in [-0.3, -0.25) is 9.59 Å². The van der Waals surface area contributed by atoms with Crippen LogP contribution in [0.25, 0.3) is 11.3 Å². The maximum Gasteiger partial charge on any atom is 0.269 e. The molecular formula is C19H17FN4O3. The van der Waals surface area contributed by atoms with Gasteiger partial charge in [0.1, 0.15) is 5.82 Å². The van der Waals surface area contributed by atoms with Gasteiger partial charge < -0.3 is 21.5 Å². The highest BCUT2D eigenvalue weighted by Gasteiger charge is 2.42. The van der Waals surface area contributed by atoms with E-state index in [-0.39, 0.29) is 29.1 Å². The van der Waals surface area contributed by atoms with Crippen molar-refractivity contribution in [2.75, 3.05) is 19.3 Å². The second-order valence-corrected chi connectivity index (χ2v) is 6.28. The number of aliphatic hydroxyl groups is 1. The van der Waals surface area contributed by atoms with Gasteiger partial charge in [-0.2, -0.15) is 0 Å². The lowest BCUT2D eigenvalue weighted by molar-refractivity contribution is -0.137. The van der Waals surface area contributed by atoms with Gasteiger partial charge in [-0.25, -0.2) is 9.37 Å². The fourth-order valence-electron chi connectivity index (χ4n) is 2.76. The zero-order valence-corrected chi connectivity index (χ0v) is 14.5. The van der Waals surface area contributed by atoms with Crippen molar-refractivity contribution < 1.29 is 19.1 Å². The molecule has 2 aromatic rings. The number of benzene rings is 1. The minimum Gasteiger partial charge on any atom is -0.397 e. The Hall–Kier alpha value is -3.44. The third kappa shape index (κ3) is 3.45. The Morgan fingerprint density at radius 2 is 2.11 bits per heavy atom. The van der Waals surface area contributed by atoms with Crippen LogP contribution in [0.5, 0.6) is 0 Å². The fourth-order valence-corrected chi connectivity index (χ4v) is 2.76. The highest BCUT2D eigenvalue weighted by molar-refractivity contribution is 5.96. The summed E-state index contributed by atoms with van der Waals surface area (Å²) in [6, 6.07) is 6.90. The van der Waals surface area contributed by atoms with E-state index in [0.29, 0.717) is 12.1 Å². The van der Waals surface area contributed by atoms with Gasteiger partial charge in [-0.1, -0.05) is 11.8 Å². The molecule has 0 aliphatic carbocycles. The van der Waals surface area contributed by atoms with E-state index < -0.39 is 23.2 Å². The third-order valence-electron chi connectivity index (χ3n) is 4.33. The Bertz CT molecular complexity index is 1010. The number of carbonyl (C=O) groups is 2. The number of nitrogens with zero attached hydrogens (tertiary/aromatic N) is 2. The Labute approximate surface area is 154 Å². The third-order valence-corrected chi connectivity index (χ3v) is 4.33. The van der Waals surface area contributed by atoms with Gasteiger partial charge in [0.2, 0.25) is 5.60 Å². The number of anilines is 1. The Balaban J connectivity index is 2.00. The number of halogens is 1. The zero-order valence-electron chi connectivity index (χ0n) is 14.5. The SMILES string of the molecule is CN1CC[C@@](O)(C#Cc2ccc(F)c(-c3ccc(N)c(C(N)=O)n3)c2)C1=O. The van der Waals surface area contributed by atoms with Crippen molar-refractivity contribution in [3.63, 3.8) is 0 Å². The molecule has 2 heterocycles. The van der Waals surface area contributed by atoms with Gasteiger partial charge >= 0.3 is 0 Å². The summed E-state index contributed by atoms with van der Waals surface area (Å²) < 4.78 is 14.3. The van der Waals surface area contributed by atoms with Crippen LogP contribution in [-0.4, -0.2) is 46.0 Å². The molecular weight excluding hydrogens is 351 g/mol. The van der Waals surface area contributed by atoms with E-state index in [2.05, 4.69) is 16.8 Å². The molecule has 1 fully saturated rings. The van der Waals surface area contributed by atoms with Gasteiger partial charge in [0.15, 0.2) is 5.69 Å². The largest absolute Gasteiger partial charge is 0.397 e. The van der Waals surface area contributed by atoms with E-state index in [1.165, 1.54) is 35.2 Å². The topological polar surface area (TPSA) is 123 Å². The van der Waals surface area contributed by atoms with E-state index in [0.717, 1.165) is 0 Å². The van der Waals surface area contributed by atoms with Crippen LogP contribution in [0.1, 0.15) is 22.5 Å². The van der Waals surface area contributed by atoms with Crippen LogP contribution in [0, 0.1) is 17.7 Å². The van der Waals surface area contributed by atoms with E-state index in [1.54, 1.807) is 7.05 Å². The molecule has 1 aliphatic rings. The van der Waals surface area contributed by atoms with Crippen molar-refractivity contribution in [1.82, 2.24) is 9.88 Å². The smallest absolute Gasteiger partial charge is 0.269 e. The summed E-state index contributed by atoms with van der Waals surface area (Å²) in [5.41, 5.74) is 9.69. The predicted molar refractivity (Wildman–Crippen MR) is 96.6 cm³/mol. The van der Waals surface area contributed by atoms with E-state index >= 15 is 0 Å². The standard InChI is InChI=1S/C19H17FN4O3/c1-24-9-8-19(27,18(24)26)7-6-11-2-3-13(20)12(10-11)15-5-4-14(21)16(23-15)17(22)25/h2-5,10,27H,8-9,21H2,1H3,(H2,22,25)/t19-/m0/s1. The first kappa shape index (κ1) is 18.4. The summed E-state index contributed by atoms with van der Waals surface area (Å²) in [6.45, 7) is 0.407. The van der Waals surface area contributed by atoms with Gasteiger partial charge in [0, 0.05) is 31.1 Å². The van der Waals surface area contributed by atoms with Crippen LogP contribution in [0.2, 0.25) is 0 Å². The lowest BCUT2D eigenvalue weighted by Crippen LogP contribution is -2.37. The first-order valence-electron chi connectivity index (χ1n) is 8.08. The highest BCUT2D eigenvalue weighted by atomic mass is 19.1. The van der Waals surface area contributed by atoms with Crippen molar-refractivity contribution in [2.24, 2.45) is 5.73 Å². The van der Waals surface area contributed by atoms with Gasteiger partial charge in [0.05, 0.1) is 11.4 Å². The van der Waals surface area contributed by atoms with E-state index in [4.69, 9.17) is 11.5 Å². The monoisotopic (exact) mass is 368 g/mol. The maximum atomic E-state index is 14.3. The molecule has 1 aliphatic heterocycles. The number of rotatable bonds is 2. The molecule has 1 aromatic carbocycles. The fraction of sp³-hybridized carbons (Fsp3) is 0.211. The quantitative estimate of drug-likeness (QED) is 0.667. The van der Waals surface area contributed by atoms with Crippen molar-refractivity contribution in [3.05, 3.63) is 47.4 Å². The van der Waals surface area contributed by atoms with Crippen LogP contribution >= 0.6 is 0 Å². The summed E-state index contributed by atoms with van der Waals surface area (Å²) in [4.78, 5) is 28.8. The average Bonchev–Trinajstić information content (AvgIpc) is 2.89. The number of nitrogen functional groups attached to an aromatic ring is 1. The number of hydrogen-bond donors (Lipinski definition) is 3. The summed E-state index contributed by atoms with van der Waals surface area (Å²) in [5.74, 6) is 3.40. The minimum atomic E-state index is -1.75. The number of nitrogens with two attached hydrogens (primary N) is 2. The molecule has 0 spiro atoms. The second-order valence-electron chi connectivity index (χ2n) is 6.28. The second kappa shape index (κ2) is 6.70. The molecule has 138 valence electrons. The molecule has 0 unspecified atom stereocenters. The predicted octanol–water partition coefficient (Wildman–Crippen LogP) is 0.514. The molecule has 27 heavy (non-hydrogen) atoms. The number of primary amides is 1. The number of carbonyl (C=O) groups excluding carboxylic acids is 2. The molecule has 7 nitrogen and oxygen atoms in total. The summed E-state index contributed by atoms with van der Waals surface area (Å²) >= 11 is 0. The average molecular weight is 368 g/mol. The van der Waals surface area contributed by atoms with Crippen molar-refractivity contribution in [3.8, 4) is 23.1 Å². The number of likely N-dealkylation sites (N-methyl/N-ethyl adjacent to an activating group) is 1. The summed E-state index contributed by atoms with van der Waals surface area (Å²) in [5, 5.41) is 10.3. The van der Waals surface area contributed by atoms with Gasteiger partial charge in [-0.05, 0) is 30.3 Å². The number of hydrogen-bond acceptors (Lipinski definition) is 5. The van der Waals surface area contributed by atoms with Crippen molar-refractivity contribution >= 4 is 17.5 Å². The Morgan fingerprint density at radius 1 is 1.37 bits per heavy atom. The summed E-state index contributed by atoms with van der Waals surface area (Å²) in [7, 11) is 1.58. The first-order chi connectivity index (χ1) is 12.7. The van der Waals surface area contributed by atoms with Gasteiger partial charge in [-0.15, -0.1) is 0 Å². The van der Waals surface area contributed by atoms with E-state index in [9.17, 15) is 19.1 Å². The molecule has 0 saturated carbocycles. The highest BCUT2D eigenvalue weighted by Crippen LogP contribution is 2.25. The maximum absolute atomic E-state index is 14.3. The zero-order chi connectivity index (χ0) is 19.8. The molecule has 5 N–H and O–H groups in total. The Morgan fingerprint density at radius 3 is 2.74 bits per heavy atom. The molecule has 0 bridgehead atoms. The number of pyridine rings is 1. The molecule has 1 aromatic heterocycles. The van der Waals surface area contributed by atoms with E-state index in [1.807, 2.05) is 0 Å². The molecule has 2 amide bonds. The lowest BCUT2D eigenvalue weighted by atomic mass is 10.0. The Kier molecular flexibility index (Phi) is 4.56. The summed E-state index contributed by atoms with van der Waals surface area (Å²) in [6.07, 6.45) is 0.199. The molecule has 0 radical (unpaired) electrons. The number of aromatic nitrogens is 1. The van der Waals surface area contributed by atoms with Crippen LogP contribution in [0.15, 0.2) is 30.3 Å². The van der Waals surface area contributed by atoms with Gasteiger partial charge in [0.25, 0.3) is 11.8 Å². The minimum absolute atomic E-state index is 0.0890.